The van der Waals surface area contributed by atoms with Gasteiger partial charge in [-0.1, -0.05) is 0 Å². The van der Waals surface area contributed by atoms with E-state index in [-0.39, 0.29) is 11.4 Å². The molecule has 2 aromatic heterocycles. The molecule has 12 heteroatoms. The Morgan fingerprint density at radius 2 is 1.84 bits per heavy atom. The Morgan fingerprint density at radius 3 is 2.47 bits per heavy atom. The predicted octanol–water partition coefficient (Wildman–Crippen LogP) is 1.28. The van der Waals surface area contributed by atoms with Crippen molar-refractivity contribution in [2.75, 3.05) is 11.9 Å². The average molecular weight is 457 g/mol. The molecule has 1 saturated heterocycles. The number of alkyl halides is 3. The lowest BCUT2D eigenvalue weighted by Gasteiger charge is -2.40. The Labute approximate surface area is 177 Å². The van der Waals surface area contributed by atoms with Crippen LogP contribution in [0.5, 0.6) is 0 Å². The molecule has 4 rings (SSSR count). The van der Waals surface area contributed by atoms with Crippen LogP contribution >= 0.6 is 0 Å². The van der Waals surface area contributed by atoms with Gasteiger partial charge in [-0.2, -0.15) is 13.2 Å². The first kappa shape index (κ1) is 22.3. The number of hydrogen-bond acceptors (Lipinski definition) is 9. The summed E-state index contributed by atoms with van der Waals surface area (Å²) in [6.45, 7) is -0.651. The second-order valence-corrected chi connectivity index (χ2v) is 7.22. The molecule has 172 valence electrons. The topological polar surface area (TPSA) is 146 Å². The molecule has 0 aliphatic carbocycles. The van der Waals surface area contributed by atoms with Gasteiger partial charge in [0.1, 0.15) is 41.3 Å². The fourth-order valence-corrected chi connectivity index (χ4v) is 3.68. The molecule has 0 bridgehead atoms. The minimum Gasteiger partial charge on any atom is -0.464 e. The van der Waals surface area contributed by atoms with Crippen molar-refractivity contribution >= 4 is 16.7 Å². The van der Waals surface area contributed by atoms with Crippen LogP contribution in [0.1, 0.15) is 5.56 Å². The van der Waals surface area contributed by atoms with Gasteiger partial charge in [0, 0.05) is 17.1 Å². The molecule has 32 heavy (non-hydrogen) atoms. The van der Waals surface area contributed by atoms with E-state index in [1.807, 2.05) is 0 Å². The van der Waals surface area contributed by atoms with E-state index in [0.717, 1.165) is 18.4 Å². The number of halogens is 3. The van der Waals surface area contributed by atoms with Crippen LogP contribution < -0.4 is 10.9 Å². The fourth-order valence-electron chi connectivity index (χ4n) is 3.68. The summed E-state index contributed by atoms with van der Waals surface area (Å²) >= 11 is 0. The molecular weight excluding hydrogens is 439 g/mol. The number of furan rings is 1. The molecule has 1 aliphatic rings. The molecule has 0 saturated carbocycles. The van der Waals surface area contributed by atoms with Crippen molar-refractivity contribution in [2.24, 2.45) is 0 Å². The van der Waals surface area contributed by atoms with Crippen molar-refractivity contribution in [3.05, 3.63) is 52.6 Å². The molecular formula is C20H18F3NO8. The van der Waals surface area contributed by atoms with E-state index in [1.165, 1.54) is 18.2 Å². The molecule has 1 fully saturated rings. The molecule has 5 N–H and O–H groups in total. The molecule has 1 aliphatic heterocycles. The highest BCUT2D eigenvalue weighted by atomic mass is 19.4. The number of aliphatic hydroxyl groups excluding tert-OH is 4. The van der Waals surface area contributed by atoms with Crippen LogP contribution in [0.2, 0.25) is 0 Å². The van der Waals surface area contributed by atoms with Crippen molar-refractivity contribution < 1.29 is 47.2 Å². The summed E-state index contributed by atoms with van der Waals surface area (Å²) in [6.07, 6.45) is -9.76. The number of benzene rings is 1. The number of nitrogens with one attached hydrogen (secondary N) is 1. The highest BCUT2D eigenvalue weighted by Crippen LogP contribution is 2.40. The maximum Gasteiger partial charge on any atom is 0.418 e. The normalized spacial score (nSPS) is 26.4. The van der Waals surface area contributed by atoms with E-state index in [2.05, 4.69) is 5.32 Å². The summed E-state index contributed by atoms with van der Waals surface area (Å²) in [5.74, 6) is -0.298. The third kappa shape index (κ3) is 3.87. The van der Waals surface area contributed by atoms with E-state index in [9.17, 15) is 33.3 Å². The molecule has 0 radical (unpaired) electrons. The van der Waals surface area contributed by atoms with Crippen LogP contribution in [-0.4, -0.2) is 57.7 Å². The van der Waals surface area contributed by atoms with Gasteiger partial charge in [-0.25, -0.2) is 4.79 Å². The van der Waals surface area contributed by atoms with Gasteiger partial charge in [-0.3, -0.25) is 0 Å². The quantitative estimate of drug-likeness (QED) is 0.366. The van der Waals surface area contributed by atoms with E-state index in [1.54, 1.807) is 0 Å². The largest absolute Gasteiger partial charge is 0.464 e. The van der Waals surface area contributed by atoms with Crippen LogP contribution in [0.3, 0.4) is 0 Å². The van der Waals surface area contributed by atoms with Gasteiger partial charge in [0.15, 0.2) is 6.29 Å². The van der Waals surface area contributed by atoms with Crippen LogP contribution in [0, 0.1) is 0 Å². The fraction of sp³-hybridized carbons (Fsp3) is 0.350. The molecule has 3 aromatic rings. The Balaban J connectivity index is 1.76. The number of anilines is 1. The van der Waals surface area contributed by atoms with E-state index >= 15 is 0 Å². The molecule has 3 unspecified atom stereocenters. The first-order valence-corrected chi connectivity index (χ1v) is 9.41. The monoisotopic (exact) mass is 457 g/mol. The van der Waals surface area contributed by atoms with Crippen LogP contribution in [0.15, 0.2) is 50.2 Å². The van der Waals surface area contributed by atoms with Crippen LogP contribution in [0.4, 0.5) is 18.9 Å². The lowest BCUT2D eigenvalue weighted by atomic mass is 9.96. The SMILES string of the molecule is O=c1oc2cc(N[C@@H]3C(O)OC(CO)[C@@H](O)C3O)ccc2c(C(F)(F)F)c1-c1ccco1. The number of fused-ring (bicyclic) bond motifs is 1. The number of rotatable bonds is 4. The standard InChI is InChI=1S/C20H18F3NO8/c21-20(22,23)14-9-4-3-8(24-15-17(27)16(26)12(7-25)32-19(15)29)6-11(9)31-18(28)13(14)10-2-1-5-30-10/h1-6,12,15-17,19,24-27,29H,7H2/t12?,15-,16+,17?,19?/m0/s1. The summed E-state index contributed by atoms with van der Waals surface area (Å²) < 4.78 is 56.7. The lowest BCUT2D eigenvalue weighted by Crippen LogP contribution is -2.61. The number of aliphatic hydroxyl groups is 4. The van der Waals surface area contributed by atoms with Crippen molar-refractivity contribution in [2.45, 2.75) is 36.8 Å². The second-order valence-electron chi connectivity index (χ2n) is 7.22. The average Bonchev–Trinajstić information content (AvgIpc) is 3.26. The molecule has 5 atom stereocenters. The van der Waals surface area contributed by atoms with Gasteiger partial charge in [0.25, 0.3) is 0 Å². The molecule has 3 heterocycles. The van der Waals surface area contributed by atoms with E-state index < -0.39 is 71.1 Å². The summed E-state index contributed by atoms with van der Waals surface area (Å²) in [4.78, 5) is 12.4. The Bertz CT molecular complexity index is 1160. The Hall–Kier alpha value is -2.90. The highest BCUT2D eigenvalue weighted by molar-refractivity contribution is 5.88. The van der Waals surface area contributed by atoms with Crippen molar-refractivity contribution in [1.82, 2.24) is 0 Å². The van der Waals surface area contributed by atoms with Gasteiger partial charge < -0.3 is 39.3 Å². The zero-order valence-electron chi connectivity index (χ0n) is 16.1. The zero-order valence-corrected chi connectivity index (χ0v) is 16.1. The molecule has 1 aromatic carbocycles. The summed E-state index contributed by atoms with van der Waals surface area (Å²) in [6, 6.07) is 4.62. The van der Waals surface area contributed by atoms with E-state index in [4.69, 9.17) is 18.7 Å². The summed E-state index contributed by atoms with van der Waals surface area (Å²) in [7, 11) is 0. The van der Waals surface area contributed by atoms with Gasteiger partial charge in [-0.15, -0.1) is 0 Å². The van der Waals surface area contributed by atoms with Crippen LogP contribution in [0.25, 0.3) is 22.3 Å². The maximum atomic E-state index is 13.9. The van der Waals surface area contributed by atoms with E-state index in [0.29, 0.717) is 0 Å². The summed E-state index contributed by atoms with van der Waals surface area (Å²) in [5.41, 5.74) is -3.59. The van der Waals surface area contributed by atoms with Gasteiger partial charge in [0.2, 0.25) is 0 Å². The Kier molecular flexibility index (Phi) is 5.73. The maximum absolute atomic E-state index is 13.9. The molecule has 0 spiro atoms. The lowest BCUT2D eigenvalue weighted by molar-refractivity contribution is -0.245. The smallest absolute Gasteiger partial charge is 0.418 e. The number of hydrogen-bond donors (Lipinski definition) is 5. The number of ether oxygens (including phenoxy) is 1. The van der Waals surface area contributed by atoms with Crippen molar-refractivity contribution in [1.29, 1.82) is 0 Å². The van der Waals surface area contributed by atoms with Crippen molar-refractivity contribution in [3.63, 3.8) is 0 Å². The third-order valence-electron chi connectivity index (χ3n) is 5.19. The van der Waals surface area contributed by atoms with Crippen LogP contribution in [-0.2, 0) is 10.9 Å². The second kappa shape index (κ2) is 8.22. The minimum atomic E-state index is -4.90. The van der Waals surface area contributed by atoms with Gasteiger partial charge in [-0.05, 0) is 24.3 Å². The summed E-state index contributed by atoms with van der Waals surface area (Å²) in [5, 5.41) is 41.6. The third-order valence-corrected chi connectivity index (χ3v) is 5.19. The van der Waals surface area contributed by atoms with Gasteiger partial charge >= 0.3 is 11.8 Å². The van der Waals surface area contributed by atoms with Crippen molar-refractivity contribution in [3.8, 4) is 11.3 Å². The first-order chi connectivity index (χ1) is 15.1. The highest BCUT2D eigenvalue weighted by Gasteiger charge is 2.44. The first-order valence-electron chi connectivity index (χ1n) is 9.41. The minimum absolute atomic E-state index is 0.0703. The molecule has 0 amide bonds. The Morgan fingerprint density at radius 1 is 1.09 bits per heavy atom. The molecule has 9 nitrogen and oxygen atoms in total. The zero-order chi connectivity index (χ0) is 23.2. The van der Waals surface area contributed by atoms with Gasteiger partial charge in [0.05, 0.1) is 18.4 Å². The predicted molar refractivity (Wildman–Crippen MR) is 103 cm³/mol.